The first kappa shape index (κ1) is 16.5. The van der Waals surface area contributed by atoms with E-state index in [2.05, 4.69) is 10.3 Å². The number of rotatable bonds is 5. The Balaban J connectivity index is 2.32. The van der Waals surface area contributed by atoms with Gasteiger partial charge in [0, 0.05) is 11.2 Å². The summed E-state index contributed by atoms with van der Waals surface area (Å²) < 4.78 is 13.9. The van der Waals surface area contributed by atoms with Gasteiger partial charge in [0.2, 0.25) is 0 Å². The molecule has 1 heterocycles. The molecule has 2 aromatic rings. The smallest absolute Gasteiger partial charge is 0.126 e. The Morgan fingerprint density at radius 1 is 1.19 bits per heavy atom. The topological polar surface area (TPSA) is 24.9 Å². The average molecular weight is 348 g/mol. The van der Waals surface area contributed by atoms with Crippen LogP contribution in [0.5, 0.6) is 0 Å². The van der Waals surface area contributed by atoms with E-state index in [9.17, 15) is 4.39 Å². The molecule has 1 aromatic carbocycles. The molecule has 0 radical (unpaired) electrons. The molecule has 0 aliphatic rings. The number of nitrogens with one attached hydrogen (secondary N) is 1. The van der Waals surface area contributed by atoms with Crippen molar-refractivity contribution in [2.24, 2.45) is 0 Å². The van der Waals surface area contributed by atoms with Crippen LogP contribution in [0.4, 0.5) is 4.39 Å². The number of halogens is 4. The largest absolute Gasteiger partial charge is 0.309 e. The highest BCUT2D eigenvalue weighted by Crippen LogP contribution is 2.27. The molecule has 21 heavy (non-hydrogen) atoms. The summed E-state index contributed by atoms with van der Waals surface area (Å²) in [5.41, 5.74) is 1.16. The molecule has 6 heteroatoms. The summed E-state index contributed by atoms with van der Waals surface area (Å²) in [6, 6.07) is 5.91. The van der Waals surface area contributed by atoms with Gasteiger partial charge in [0.15, 0.2) is 0 Å². The molecule has 0 aliphatic heterocycles. The molecule has 1 atom stereocenters. The number of benzene rings is 1. The first-order valence-corrected chi connectivity index (χ1v) is 7.63. The second-order valence-corrected chi connectivity index (χ2v) is 5.85. The second kappa shape index (κ2) is 7.41. The molecule has 112 valence electrons. The van der Waals surface area contributed by atoms with Crippen molar-refractivity contribution in [1.29, 1.82) is 0 Å². The van der Waals surface area contributed by atoms with Crippen LogP contribution in [-0.4, -0.2) is 11.5 Å². The van der Waals surface area contributed by atoms with E-state index in [0.717, 1.165) is 0 Å². The van der Waals surface area contributed by atoms with Crippen molar-refractivity contribution < 1.29 is 4.39 Å². The minimum absolute atomic E-state index is 0.215. The van der Waals surface area contributed by atoms with Gasteiger partial charge in [0.1, 0.15) is 5.82 Å². The van der Waals surface area contributed by atoms with Gasteiger partial charge in [-0.1, -0.05) is 41.7 Å². The quantitative estimate of drug-likeness (QED) is 0.816. The van der Waals surface area contributed by atoms with E-state index in [1.165, 1.54) is 18.3 Å². The summed E-state index contributed by atoms with van der Waals surface area (Å²) in [6.45, 7) is 2.67. The maximum absolute atomic E-state index is 13.9. The lowest BCUT2D eigenvalue weighted by Gasteiger charge is -2.19. The van der Waals surface area contributed by atoms with Crippen LogP contribution in [0.1, 0.15) is 24.2 Å². The van der Waals surface area contributed by atoms with Gasteiger partial charge in [-0.3, -0.25) is 4.98 Å². The second-order valence-electron chi connectivity index (χ2n) is 4.57. The molecule has 2 rings (SSSR count). The molecule has 0 saturated carbocycles. The summed E-state index contributed by atoms with van der Waals surface area (Å²) in [4.78, 5) is 4.26. The van der Waals surface area contributed by atoms with Crippen LogP contribution in [0, 0.1) is 5.82 Å². The Labute approximate surface area is 138 Å². The van der Waals surface area contributed by atoms with Crippen LogP contribution in [-0.2, 0) is 6.42 Å². The Morgan fingerprint density at radius 3 is 2.62 bits per heavy atom. The third-order valence-corrected chi connectivity index (χ3v) is 3.79. The molecule has 2 nitrogen and oxygen atoms in total. The number of aromatic nitrogens is 1. The number of pyridine rings is 1. The average Bonchev–Trinajstić information content (AvgIpc) is 2.42. The highest BCUT2D eigenvalue weighted by molar-refractivity contribution is 6.34. The lowest BCUT2D eigenvalue weighted by atomic mass is 10.0. The van der Waals surface area contributed by atoms with E-state index in [1.807, 2.05) is 6.92 Å². The minimum atomic E-state index is -0.299. The normalized spacial score (nSPS) is 12.4. The number of hydrogen-bond acceptors (Lipinski definition) is 2. The minimum Gasteiger partial charge on any atom is -0.309 e. The fourth-order valence-corrected chi connectivity index (χ4v) is 2.82. The van der Waals surface area contributed by atoms with Gasteiger partial charge in [-0.25, -0.2) is 4.39 Å². The first-order chi connectivity index (χ1) is 10.0. The fourth-order valence-electron chi connectivity index (χ4n) is 2.11. The standard InChI is InChI=1S/C15H14Cl3FN2/c1-2-20-14(15-12(18)7-11(17)8-21-15)6-9-5-10(16)3-4-13(9)19/h3-5,7-8,14,20H,2,6H2,1H3. The third-order valence-electron chi connectivity index (χ3n) is 3.05. The highest BCUT2D eigenvalue weighted by atomic mass is 35.5. The monoisotopic (exact) mass is 346 g/mol. The number of likely N-dealkylation sites (N-methyl/N-ethyl adjacent to an activating group) is 1. The molecular formula is C15H14Cl3FN2. The molecule has 0 bridgehead atoms. The van der Waals surface area contributed by atoms with Crippen LogP contribution >= 0.6 is 34.8 Å². The Morgan fingerprint density at radius 2 is 1.95 bits per heavy atom. The van der Waals surface area contributed by atoms with E-state index in [-0.39, 0.29) is 11.9 Å². The zero-order chi connectivity index (χ0) is 15.4. The van der Waals surface area contributed by atoms with Crippen molar-refractivity contribution in [3.63, 3.8) is 0 Å². The maximum Gasteiger partial charge on any atom is 0.126 e. The summed E-state index contributed by atoms with van der Waals surface area (Å²) >= 11 is 18.0. The Kier molecular flexibility index (Phi) is 5.82. The number of hydrogen-bond donors (Lipinski definition) is 1. The van der Waals surface area contributed by atoms with E-state index in [4.69, 9.17) is 34.8 Å². The van der Waals surface area contributed by atoms with Gasteiger partial charge >= 0.3 is 0 Å². The molecule has 1 unspecified atom stereocenters. The summed E-state index contributed by atoms with van der Waals surface area (Å²) in [5.74, 6) is -0.299. The molecule has 0 spiro atoms. The van der Waals surface area contributed by atoms with E-state index in [1.54, 1.807) is 12.1 Å². The van der Waals surface area contributed by atoms with Crippen molar-refractivity contribution in [2.45, 2.75) is 19.4 Å². The van der Waals surface area contributed by atoms with Crippen molar-refractivity contribution in [3.8, 4) is 0 Å². The summed E-state index contributed by atoms with van der Waals surface area (Å²) in [7, 11) is 0. The Hall–Kier alpha value is -0.870. The van der Waals surface area contributed by atoms with Gasteiger partial charge in [-0.05, 0) is 42.8 Å². The van der Waals surface area contributed by atoms with E-state index in [0.29, 0.717) is 39.3 Å². The maximum atomic E-state index is 13.9. The van der Waals surface area contributed by atoms with Gasteiger partial charge in [-0.2, -0.15) is 0 Å². The Bertz CT molecular complexity index is 634. The predicted molar refractivity (Wildman–Crippen MR) is 85.8 cm³/mol. The van der Waals surface area contributed by atoms with Crippen molar-refractivity contribution in [2.75, 3.05) is 6.54 Å². The highest BCUT2D eigenvalue weighted by Gasteiger charge is 2.18. The molecule has 0 fully saturated rings. The van der Waals surface area contributed by atoms with Crippen LogP contribution in [0.15, 0.2) is 30.5 Å². The SMILES string of the molecule is CCNC(Cc1cc(Cl)ccc1F)c1ncc(Cl)cc1Cl. The number of nitrogens with zero attached hydrogens (tertiary/aromatic N) is 1. The lowest BCUT2D eigenvalue weighted by Crippen LogP contribution is -2.24. The van der Waals surface area contributed by atoms with Crippen LogP contribution in [0.2, 0.25) is 15.1 Å². The van der Waals surface area contributed by atoms with Crippen molar-refractivity contribution in [3.05, 3.63) is 62.6 Å². The summed E-state index contributed by atoms with van der Waals surface area (Å²) in [5, 5.41) is 4.67. The zero-order valence-electron chi connectivity index (χ0n) is 11.3. The van der Waals surface area contributed by atoms with E-state index >= 15 is 0 Å². The molecule has 1 aromatic heterocycles. The molecule has 0 saturated heterocycles. The molecule has 1 N–H and O–H groups in total. The van der Waals surface area contributed by atoms with Crippen LogP contribution in [0.25, 0.3) is 0 Å². The van der Waals surface area contributed by atoms with Crippen molar-refractivity contribution in [1.82, 2.24) is 10.3 Å². The van der Waals surface area contributed by atoms with Gasteiger partial charge < -0.3 is 5.32 Å². The molecular weight excluding hydrogens is 334 g/mol. The van der Waals surface area contributed by atoms with Gasteiger partial charge in [0.05, 0.1) is 21.8 Å². The lowest BCUT2D eigenvalue weighted by molar-refractivity contribution is 0.518. The van der Waals surface area contributed by atoms with Crippen molar-refractivity contribution >= 4 is 34.8 Å². The third kappa shape index (κ3) is 4.30. The predicted octanol–water partition coefficient (Wildman–Crippen LogP) is 5.07. The van der Waals surface area contributed by atoms with Gasteiger partial charge in [-0.15, -0.1) is 0 Å². The first-order valence-electron chi connectivity index (χ1n) is 6.49. The van der Waals surface area contributed by atoms with Crippen LogP contribution < -0.4 is 5.32 Å². The molecule has 0 aliphatic carbocycles. The fraction of sp³-hybridized carbons (Fsp3) is 0.267. The molecule has 0 amide bonds. The van der Waals surface area contributed by atoms with Crippen LogP contribution in [0.3, 0.4) is 0 Å². The van der Waals surface area contributed by atoms with E-state index < -0.39 is 0 Å². The van der Waals surface area contributed by atoms with Gasteiger partial charge in [0.25, 0.3) is 0 Å². The zero-order valence-corrected chi connectivity index (χ0v) is 13.6. The summed E-state index contributed by atoms with van der Waals surface area (Å²) in [6.07, 6.45) is 1.93.